The van der Waals surface area contributed by atoms with Gasteiger partial charge in [-0.1, -0.05) is 44.2 Å². The highest BCUT2D eigenvalue weighted by atomic mass is 16.5. The summed E-state index contributed by atoms with van der Waals surface area (Å²) < 4.78 is 7.33. The fraction of sp³-hybridized carbons (Fsp3) is 0.421. The second-order valence-electron chi connectivity index (χ2n) is 6.72. The zero-order chi connectivity index (χ0) is 18.4. The Morgan fingerprint density at radius 3 is 2.69 bits per heavy atom. The standard InChI is InChI=1S/C19H25N5O2/c1-14(2)10-26-11-16(25)9-24-13-23-17-18(21-12-22-19(17)24)20-8-15-6-4-3-5-7-15/h3-7,12-14,16,25H,8-11H2,1-2H3,(H,20,21,22). The highest BCUT2D eigenvalue weighted by Gasteiger charge is 2.13. The van der Waals surface area contributed by atoms with E-state index in [0.717, 1.165) is 5.56 Å². The Balaban J connectivity index is 1.66. The highest BCUT2D eigenvalue weighted by molar-refractivity contribution is 5.82. The van der Waals surface area contributed by atoms with Crippen molar-refractivity contribution >= 4 is 17.0 Å². The van der Waals surface area contributed by atoms with E-state index >= 15 is 0 Å². The van der Waals surface area contributed by atoms with E-state index in [1.54, 1.807) is 6.33 Å². The lowest BCUT2D eigenvalue weighted by Gasteiger charge is -2.13. The van der Waals surface area contributed by atoms with Gasteiger partial charge in [-0.3, -0.25) is 0 Å². The Bertz CT molecular complexity index is 819. The van der Waals surface area contributed by atoms with Crippen molar-refractivity contribution in [2.24, 2.45) is 5.92 Å². The maximum Gasteiger partial charge on any atom is 0.165 e. The van der Waals surface area contributed by atoms with Gasteiger partial charge in [-0.25, -0.2) is 15.0 Å². The van der Waals surface area contributed by atoms with E-state index in [1.165, 1.54) is 6.33 Å². The second kappa shape index (κ2) is 8.73. The van der Waals surface area contributed by atoms with Crippen LogP contribution in [-0.4, -0.2) is 43.9 Å². The van der Waals surface area contributed by atoms with Crippen molar-refractivity contribution < 1.29 is 9.84 Å². The molecule has 0 aliphatic rings. The van der Waals surface area contributed by atoms with Crippen LogP contribution in [0.1, 0.15) is 19.4 Å². The number of hydrogen-bond donors (Lipinski definition) is 2. The molecule has 1 atom stereocenters. The Hall–Kier alpha value is -2.51. The minimum atomic E-state index is -0.609. The molecule has 1 aromatic carbocycles. The lowest BCUT2D eigenvalue weighted by atomic mass is 10.2. The van der Waals surface area contributed by atoms with Gasteiger partial charge in [0.05, 0.1) is 25.6 Å². The number of aromatic nitrogens is 4. The number of anilines is 1. The summed E-state index contributed by atoms with van der Waals surface area (Å²) in [5.41, 5.74) is 2.55. The topological polar surface area (TPSA) is 85.1 Å². The minimum absolute atomic E-state index is 0.294. The van der Waals surface area contributed by atoms with E-state index in [2.05, 4.69) is 46.2 Å². The van der Waals surface area contributed by atoms with Gasteiger partial charge < -0.3 is 19.7 Å². The van der Waals surface area contributed by atoms with E-state index < -0.39 is 6.10 Å². The Labute approximate surface area is 153 Å². The minimum Gasteiger partial charge on any atom is -0.389 e. The summed E-state index contributed by atoms with van der Waals surface area (Å²) >= 11 is 0. The first-order chi connectivity index (χ1) is 12.6. The fourth-order valence-corrected chi connectivity index (χ4v) is 2.64. The molecule has 0 saturated heterocycles. The number of hydrogen-bond acceptors (Lipinski definition) is 6. The number of rotatable bonds is 9. The van der Waals surface area contributed by atoms with Gasteiger partial charge in [-0.05, 0) is 11.5 Å². The van der Waals surface area contributed by atoms with Crippen LogP contribution in [0.25, 0.3) is 11.2 Å². The second-order valence-corrected chi connectivity index (χ2v) is 6.72. The maximum atomic E-state index is 10.2. The van der Waals surface area contributed by atoms with Crippen LogP contribution in [0.3, 0.4) is 0 Å². The molecule has 7 nitrogen and oxygen atoms in total. The SMILES string of the molecule is CC(C)COCC(O)Cn1cnc2c(NCc3ccccc3)ncnc21. The van der Waals surface area contributed by atoms with E-state index in [4.69, 9.17) is 4.74 Å². The highest BCUT2D eigenvalue weighted by Crippen LogP contribution is 2.18. The van der Waals surface area contributed by atoms with Gasteiger partial charge in [0.15, 0.2) is 11.5 Å². The number of benzene rings is 1. The summed E-state index contributed by atoms with van der Waals surface area (Å²) in [6, 6.07) is 10.1. The molecule has 0 aliphatic heterocycles. The summed E-state index contributed by atoms with van der Waals surface area (Å²) in [7, 11) is 0. The van der Waals surface area contributed by atoms with E-state index in [-0.39, 0.29) is 0 Å². The number of nitrogens with zero attached hydrogens (tertiary/aromatic N) is 4. The zero-order valence-electron chi connectivity index (χ0n) is 15.2. The van der Waals surface area contributed by atoms with Crippen LogP contribution in [0.5, 0.6) is 0 Å². The van der Waals surface area contributed by atoms with E-state index in [1.807, 2.05) is 22.8 Å². The molecule has 138 valence electrons. The first-order valence-electron chi connectivity index (χ1n) is 8.83. The monoisotopic (exact) mass is 355 g/mol. The van der Waals surface area contributed by atoms with E-state index in [9.17, 15) is 5.11 Å². The molecule has 26 heavy (non-hydrogen) atoms. The first-order valence-corrected chi connectivity index (χ1v) is 8.83. The molecule has 7 heteroatoms. The molecule has 0 radical (unpaired) electrons. The molecule has 2 aromatic heterocycles. The van der Waals surface area contributed by atoms with Gasteiger partial charge >= 0.3 is 0 Å². The molecular formula is C19H25N5O2. The normalized spacial score (nSPS) is 12.6. The van der Waals surface area contributed by atoms with Crippen LogP contribution in [0.2, 0.25) is 0 Å². The number of fused-ring (bicyclic) bond motifs is 1. The number of aliphatic hydroxyl groups is 1. The molecule has 0 bridgehead atoms. The molecular weight excluding hydrogens is 330 g/mol. The number of nitrogens with one attached hydrogen (secondary N) is 1. The fourth-order valence-electron chi connectivity index (χ4n) is 2.64. The largest absolute Gasteiger partial charge is 0.389 e. The van der Waals surface area contributed by atoms with Gasteiger partial charge in [-0.2, -0.15) is 0 Å². The first kappa shape index (κ1) is 18.3. The number of ether oxygens (including phenoxy) is 1. The third kappa shape index (κ3) is 4.77. The van der Waals surface area contributed by atoms with Gasteiger partial charge in [0, 0.05) is 13.2 Å². The van der Waals surface area contributed by atoms with Crippen molar-refractivity contribution in [1.82, 2.24) is 19.5 Å². The quantitative estimate of drug-likeness (QED) is 0.613. The van der Waals surface area contributed by atoms with Gasteiger partial charge in [-0.15, -0.1) is 0 Å². The Morgan fingerprint density at radius 1 is 1.12 bits per heavy atom. The lowest BCUT2D eigenvalue weighted by molar-refractivity contribution is 0.0185. The Morgan fingerprint density at radius 2 is 1.92 bits per heavy atom. The molecule has 2 heterocycles. The summed E-state index contributed by atoms with van der Waals surface area (Å²) in [5, 5.41) is 13.5. The van der Waals surface area contributed by atoms with Crippen LogP contribution in [0.15, 0.2) is 43.0 Å². The van der Waals surface area contributed by atoms with Crippen molar-refractivity contribution in [1.29, 1.82) is 0 Å². The lowest BCUT2D eigenvalue weighted by Crippen LogP contribution is -2.22. The molecule has 3 aromatic rings. The van der Waals surface area contributed by atoms with Gasteiger partial charge in [0.25, 0.3) is 0 Å². The predicted molar refractivity (Wildman–Crippen MR) is 101 cm³/mol. The summed E-state index contributed by atoms with van der Waals surface area (Å²) in [6.45, 7) is 6.13. The van der Waals surface area contributed by atoms with Crippen LogP contribution in [-0.2, 0) is 17.8 Å². The van der Waals surface area contributed by atoms with Gasteiger partial charge in [0.1, 0.15) is 11.8 Å². The molecule has 1 unspecified atom stereocenters. The molecule has 3 rings (SSSR count). The van der Waals surface area contributed by atoms with Crippen molar-refractivity contribution in [3.63, 3.8) is 0 Å². The molecule has 2 N–H and O–H groups in total. The average Bonchev–Trinajstić information content (AvgIpc) is 3.04. The molecule has 0 fully saturated rings. The van der Waals surface area contributed by atoms with Crippen molar-refractivity contribution in [3.8, 4) is 0 Å². The molecule has 0 aliphatic carbocycles. The van der Waals surface area contributed by atoms with Crippen LogP contribution >= 0.6 is 0 Å². The molecule has 0 saturated carbocycles. The van der Waals surface area contributed by atoms with Gasteiger partial charge in [0.2, 0.25) is 0 Å². The zero-order valence-corrected chi connectivity index (χ0v) is 15.2. The number of aliphatic hydroxyl groups excluding tert-OH is 1. The van der Waals surface area contributed by atoms with Crippen LogP contribution in [0, 0.1) is 5.92 Å². The summed E-state index contributed by atoms with van der Waals surface area (Å²) in [6.07, 6.45) is 2.58. The van der Waals surface area contributed by atoms with Crippen molar-refractivity contribution in [3.05, 3.63) is 48.5 Å². The van der Waals surface area contributed by atoms with Crippen molar-refractivity contribution in [2.45, 2.75) is 33.0 Å². The molecule has 0 spiro atoms. The van der Waals surface area contributed by atoms with Crippen molar-refractivity contribution in [2.75, 3.05) is 18.5 Å². The third-order valence-corrected chi connectivity index (χ3v) is 3.87. The van der Waals surface area contributed by atoms with E-state index in [0.29, 0.717) is 49.2 Å². The maximum absolute atomic E-state index is 10.2. The molecule has 0 amide bonds. The van der Waals surface area contributed by atoms with Crippen LogP contribution < -0.4 is 5.32 Å². The van der Waals surface area contributed by atoms with Crippen LogP contribution in [0.4, 0.5) is 5.82 Å². The Kier molecular flexibility index (Phi) is 6.14. The summed E-state index contributed by atoms with van der Waals surface area (Å²) in [4.78, 5) is 13.0. The predicted octanol–water partition coefficient (Wildman–Crippen LogP) is 2.47. The third-order valence-electron chi connectivity index (χ3n) is 3.87. The summed E-state index contributed by atoms with van der Waals surface area (Å²) in [5.74, 6) is 1.13. The number of imidazole rings is 1. The smallest absolute Gasteiger partial charge is 0.165 e. The average molecular weight is 355 g/mol.